The van der Waals surface area contributed by atoms with Gasteiger partial charge in [-0.1, -0.05) is 6.07 Å². The van der Waals surface area contributed by atoms with Gasteiger partial charge in [0.1, 0.15) is 28.8 Å². The maximum absolute atomic E-state index is 13.0. The third-order valence-corrected chi connectivity index (χ3v) is 5.47. The van der Waals surface area contributed by atoms with Crippen molar-refractivity contribution in [2.75, 3.05) is 26.2 Å². The molecule has 3 rings (SSSR count). The predicted octanol–water partition coefficient (Wildman–Crippen LogP) is 2.87. The number of aromatic nitrogens is 3. The molecule has 0 bridgehead atoms. The Balaban J connectivity index is 1.91. The van der Waals surface area contributed by atoms with Crippen molar-refractivity contribution in [1.82, 2.24) is 24.8 Å². The van der Waals surface area contributed by atoms with Gasteiger partial charge in [0, 0.05) is 36.8 Å². The van der Waals surface area contributed by atoms with Gasteiger partial charge in [0.2, 0.25) is 10.8 Å². The second kappa shape index (κ2) is 10.1. The van der Waals surface area contributed by atoms with Crippen LogP contribution in [-0.2, 0) is 11.8 Å². The zero-order valence-corrected chi connectivity index (χ0v) is 18.2. The highest BCUT2D eigenvalue weighted by atomic mass is 19.4. The lowest BCUT2D eigenvalue weighted by atomic mass is 9.85. The summed E-state index contributed by atoms with van der Waals surface area (Å²) in [5, 5.41) is 24.2. The summed E-state index contributed by atoms with van der Waals surface area (Å²) in [4.78, 5) is 27.5. The number of nitrogens with one attached hydrogen (secondary N) is 1. The summed E-state index contributed by atoms with van der Waals surface area (Å²) < 4.78 is 44.3. The fourth-order valence-corrected chi connectivity index (χ4v) is 3.71. The molecular weight excluding hydrogens is 459 g/mol. The molecule has 3 N–H and O–H groups in total. The summed E-state index contributed by atoms with van der Waals surface area (Å²) in [6.45, 7) is 1.21. The van der Waals surface area contributed by atoms with Crippen molar-refractivity contribution in [3.63, 3.8) is 0 Å². The molecule has 14 heteroatoms. The van der Waals surface area contributed by atoms with E-state index in [0.29, 0.717) is 24.4 Å². The van der Waals surface area contributed by atoms with E-state index >= 15 is 0 Å². The van der Waals surface area contributed by atoms with Crippen LogP contribution < -0.4 is 9.65 Å². The molecule has 1 aliphatic rings. The molecule has 1 fully saturated rings. The molecular formula is C20H23F3N7O4+. The monoisotopic (exact) mass is 482 g/mol. The first kappa shape index (κ1) is 25.0. The minimum Gasteiger partial charge on any atom is -0.474 e. The van der Waals surface area contributed by atoms with Crippen LogP contribution in [0.2, 0.25) is 0 Å². The first-order chi connectivity index (χ1) is 16.0. The first-order valence-corrected chi connectivity index (χ1v) is 10.3. The van der Waals surface area contributed by atoms with Crippen LogP contribution in [0.3, 0.4) is 0 Å². The maximum atomic E-state index is 13.0. The number of carboxylic acid groups (broad SMARTS) is 1. The number of carbonyl (C=O) groups is 1. The number of alkyl halides is 3. The van der Waals surface area contributed by atoms with Gasteiger partial charge in [0.15, 0.2) is 12.1 Å². The number of hydrogen-bond acceptors (Lipinski definition) is 8. The lowest BCUT2D eigenvalue weighted by Gasteiger charge is -2.33. The fraction of sp³-hybridized carbons (Fsp3) is 0.500. The Hall–Kier alpha value is -3.64. The molecule has 1 saturated heterocycles. The number of nitrogens with zero attached hydrogens (tertiary/aromatic N) is 6. The summed E-state index contributed by atoms with van der Waals surface area (Å²) in [6, 6.07) is 3.14. The molecule has 2 aromatic rings. The van der Waals surface area contributed by atoms with Crippen molar-refractivity contribution in [2.45, 2.75) is 37.5 Å². The lowest BCUT2D eigenvalue weighted by Crippen LogP contribution is -2.40. The van der Waals surface area contributed by atoms with Gasteiger partial charge in [0.25, 0.3) is 0 Å². The molecule has 0 radical (unpaired) electrons. The highest BCUT2D eigenvalue weighted by Crippen LogP contribution is 2.35. The average molecular weight is 482 g/mol. The van der Waals surface area contributed by atoms with E-state index in [4.69, 9.17) is 10.3 Å². The van der Waals surface area contributed by atoms with Gasteiger partial charge in [-0.15, -0.1) is 0 Å². The van der Waals surface area contributed by atoms with E-state index in [2.05, 4.69) is 25.0 Å². The number of ether oxygens (including phenoxy) is 1. The number of halogens is 3. The molecule has 1 aliphatic heterocycles. The van der Waals surface area contributed by atoms with Crippen LogP contribution in [-0.4, -0.2) is 62.4 Å². The zero-order valence-electron chi connectivity index (χ0n) is 18.2. The Morgan fingerprint density at radius 3 is 2.65 bits per heavy atom. The summed E-state index contributed by atoms with van der Waals surface area (Å²) in [5.41, 5.74) is 4.55. The van der Waals surface area contributed by atoms with Gasteiger partial charge < -0.3 is 19.8 Å². The molecule has 182 valence electrons. The highest BCUT2D eigenvalue weighted by molar-refractivity contribution is 5.65. The molecule has 0 aliphatic carbocycles. The van der Waals surface area contributed by atoms with Crippen molar-refractivity contribution in [2.24, 2.45) is 5.11 Å². The van der Waals surface area contributed by atoms with Gasteiger partial charge in [-0.25, -0.2) is 19.7 Å². The molecule has 0 aromatic carbocycles. The lowest BCUT2D eigenvalue weighted by molar-refractivity contribution is -0.141. The minimum atomic E-state index is -4.67. The van der Waals surface area contributed by atoms with Crippen molar-refractivity contribution in [3.8, 4) is 5.88 Å². The molecule has 3 heterocycles. The molecule has 0 saturated carbocycles. The number of aryl methyl sites for hydroxylation is 1. The highest BCUT2D eigenvalue weighted by Gasteiger charge is 2.39. The molecule has 1 unspecified atom stereocenters. The van der Waals surface area contributed by atoms with Gasteiger partial charge in [-0.3, -0.25) is 0 Å². The first-order valence-electron chi connectivity index (χ1n) is 10.3. The Labute approximate surface area is 191 Å². The molecule has 34 heavy (non-hydrogen) atoms. The van der Waals surface area contributed by atoms with Crippen LogP contribution in [0, 0.1) is 12.5 Å². The standard InChI is InChI=1S/C20H22F3N7O4/c1-12-25-9-14(17(27-12)13-5-7-30(8-6-13)18(31)32)19(33,10-26-29-24)11-34-16-4-2-3-15(28-16)20(21,22)23/h2-4,9,13,24,33H,5-8,10-11H2,1H3/p+1. The van der Waals surface area contributed by atoms with Crippen molar-refractivity contribution in [1.29, 1.82) is 5.53 Å². The van der Waals surface area contributed by atoms with Crippen LogP contribution in [0.4, 0.5) is 18.0 Å². The summed E-state index contributed by atoms with van der Waals surface area (Å²) >= 11 is 0. The Morgan fingerprint density at radius 1 is 1.32 bits per heavy atom. The van der Waals surface area contributed by atoms with Crippen molar-refractivity contribution < 1.29 is 32.9 Å². The van der Waals surface area contributed by atoms with E-state index in [0.717, 1.165) is 12.1 Å². The topological polar surface area (TPSA) is 159 Å². The van der Waals surface area contributed by atoms with Crippen LogP contribution >= 0.6 is 0 Å². The average Bonchev–Trinajstić information content (AvgIpc) is 2.81. The number of pyridine rings is 1. The smallest absolute Gasteiger partial charge is 0.433 e. The molecule has 1 amide bonds. The Morgan fingerprint density at radius 2 is 2.03 bits per heavy atom. The van der Waals surface area contributed by atoms with E-state index < -0.39 is 36.7 Å². The number of piperidine rings is 1. The summed E-state index contributed by atoms with van der Waals surface area (Å²) in [6.07, 6.45) is -3.42. The Kier molecular flexibility index (Phi) is 7.42. The SMILES string of the molecule is Cc1ncc(C(O)(CN=[N+]=N)COc2cccc(C(F)(F)F)n2)c(C2CCN(C(=O)O)CC2)n1. The maximum Gasteiger partial charge on any atom is 0.433 e. The van der Waals surface area contributed by atoms with Crippen molar-refractivity contribution in [3.05, 3.63) is 47.2 Å². The zero-order chi connectivity index (χ0) is 24.9. The fourth-order valence-electron chi connectivity index (χ4n) is 3.71. The number of aliphatic hydroxyl groups is 1. The van der Waals surface area contributed by atoms with Crippen LogP contribution in [0.5, 0.6) is 5.88 Å². The van der Waals surface area contributed by atoms with Crippen molar-refractivity contribution >= 4 is 6.09 Å². The second-order valence-corrected chi connectivity index (χ2v) is 7.84. The van der Waals surface area contributed by atoms with E-state index in [9.17, 15) is 28.2 Å². The van der Waals surface area contributed by atoms with E-state index in [1.807, 2.05) is 0 Å². The second-order valence-electron chi connectivity index (χ2n) is 7.84. The number of rotatable bonds is 7. The summed E-state index contributed by atoms with van der Waals surface area (Å²) in [7, 11) is 0. The largest absolute Gasteiger partial charge is 0.474 e. The normalized spacial score (nSPS) is 16.4. The van der Waals surface area contributed by atoms with Gasteiger partial charge >= 0.3 is 12.3 Å². The Bertz CT molecular complexity index is 1090. The third-order valence-electron chi connectivity index (χ3n) is 5.47. The van der Waals surface area contributed by atoms with Gasteiger partial charge in [0.05, 0.1) is 5.69 Å². The molecule has 0 spiro atoms. The number of amides is 1. The van der Waals surface area contributed by atoms with E-state index in [-0.39, 0.29) is 30.5 Å². The molecule has 2 aromatic heterocycles. The van der Waals surface area contributed by atoms with Gasteiger partial charge in [-0.05, 0) is 25.8 Å². The van der Waals surface area contributed by atoms with Crippen LogP contribution in [0.25, 0.3) is 0 Å². The van der Waals surface area contributed by atoms with Crippen LogP contribution in [0.1, 0.15) is 41.5 Å². The van der Waals surface area contributed by atoms with E-state index in [1.165, 1.54) is 17.2 Å². The van der Waals surface area contributed by atoms with Crippen LogP contribution in [0.15, 0.2) is 29.5 Å². The molecule has 1 atom stereocenters. The molecule has 11 nitrogen and oxygen atoms in total. The third kappa shape index (κ3) is 5.83. The number of hydrogen-bond donors (Lipinski definition) is 3. The van der Waals surface area contributed by atoms with E-state index in [1.54, 1.807) is 6.92 Å². The van der Waals surface area contributed by atoms with Gasteiger partial charge in [-0.2, -0.15) is 13.2 Å². The predicted molar refractivity (Wildman–Crippen MR) is 109 cm³/mol. The quantitative estimate of drug-likeness (QED) is 0.404. The minimum absolute atomic E-state index is 0.210. The number of likely N-dealkylation sites (tertiary alicyclic amines) is 1. The summed E-state index contributed by atoms with van der Waals surface area (Å²) in [5.74, 6) is -0.150.